The zero-order chi connectivity index (χ0) is 8.81. The number of aryl methyl sites for hydroxylation is 1. The van der Waals surface area contributed by atoms with E-state index in [0.717, 1.165) is 12.0 Å². The van der Waals surface area contributed by atoms with Crippen LogP contribution in [0.25, 0.3) is 6.08 Å². The van der Waals surface area contributed by atoms with Gasteiger partial charge in [-0.2, -0.15) is 0 Å². The summed E-state index contributed by atoms with van der Waals surface area (Å²) >= 11 is 4.61. The Bertz CT molecular complexity index is 278. The predicted molar refractivity (Wildman–Crippen MR) is 57.5 cm³/mol. The van der Waals surface area contributed by atoms with E-state index in [1.165, 1.54) is 12.0 Å². The predicted octanol–water partition coefficient (Wildman–Crippen LogP) is 3.25. The highest BCUT2D eigenvalue weighted by Gasteiger charge is 1.89. The molecule has 1 heteroatoms. The first-order chi connectivity index (χ1) is 5.86. The topological polar surface area (TPSA) is 0 Å². The van der Waals surface area contributed by atoms with Gasteiger partial charge in [0.2, 0.25) is 0 Å². The highest BCUT2D eigenvalue weighted by atomic mass is 32.1. The largest absolute Gasteiger partial charge is 0.0651 e. The summed E-state index contributed by atoms with van der Waals surface area (Å²) in [4.78, 5) is 0. The molecule has 0 nitrogen and oxygen atoms in total. The van der Waals surface area contributed by atoms with E-state index >= 15 is 0 Å². The molecule has 0 atom stereocenters. The Morgan fingerprint density at radius 3 is 2.50 bits per heavy atom. The zero-order valence-electron chi connectivity index (χ0n) is 7.21. The van der Waals surface area contributed by atoms with Crippen molar-refractivity contribution < 1.29 is 0 Å². The van der Waals surface area contributed by atoms with E-state index in [4.69, 9.17) is 0 Å². The highest BCUT2D eigenvalue weighted by Crippen LogP contribution is 2.06. The van der Waals surface area contributed by atoms with Crippen LogP contribution in [0.5, 0.6) is 0 Å². The van der Waals surface area contributed by atoms with Crippen LogP contribution in [0, 0.1) is 0 Å². The minimum atomic E-state index is 1.13. The first kappa shape index (κ1) is 9.18. The van der Waals surface area contributed by atoms with E-state index < -0.39 is 0 Å². The minimum Gasteiger partial charge on any atom is -0.0651 e. The van der Waals surface area contributed by atoms with E-state index in [9.17, 15) is 0 Å². The molecule has 62 valence electrons. The summed E-state index contributed by atoms with van der Waals surface area (Å²) in [5.74, 6) is 0. The summed E-state index contributed by atoms with van der Waals surface area (Å²) in [5.41, 5.74) is 2.52. The molecular weight excluding hydrogens is 164 g/mol. The van der Waals surface area contributed by atoms with Crippen molar-refractivity contribution in [2.24, 2.45) is 0 Å². The molecule has 0 heterocycles. The van der Waals surface area contributed by atoms with Gasteiger partial charge in [-0.15, -0.1) is 0 Å². The van der Waals surface area contributed by atoms with Crippen LogP contribution in [0.3, 0.4) is 0 Å². The molecule has 0 aromatic heterocycles. The lowest BCUT2D eigenvalue weighted by molar-refractivity contribution is 0.922. The molecule has 0 N–H and O–H groups in total. The van der Waals surface area contributed by atoms with E-state index in [0.29, 0.717) is 0 Å². The molecule has 0 fully saturated rings. The van der Waals surface area contributed by atoms with Gasteiger partial charge < -0.3 is 0 Å². The van der Waals surface area contributed by atoms with Crippen molar-refractivity contribution in [3.63, 3.8) is 0 Å². The monoisotopic (exact) mass is 176 g/mol. The van der Waals surface area contributed by atoms with E-state index in [2.05, 4.69) is 48.4 Å². The van der Waals surface area contributed by atoms with Crippen LogP contribution in [-0.4, -0.2) is 5.02 Å². The third kappa shape index (κ3) is 2.61. The number of hydrogen-bond acceptors (Lipinski definition) is 1. The van der Waals surface area contributed by atoms with Crippen LogP contribution in [0.4, 0.5) is 0 Å². The fourth-order valence-electron chi connectivity index (χ4n) is 1.14. The first-order valence-corrected chi connectivity index (χ1v) is 4.57. The maximum absolute atomic E-state index is 4.61. The maximum atomic E-state index is 4.61. The molecule has 0 aliphatic heterocycles. The molecule has 1 rings (SSSR count). The Morgan fingerprint density at radius 2 is 2.00 bits per heavy atom. The normalized spacial score (nSPS) is 9.08. The molecule has 0 saturated heterocycles. The van der Waals surface area contributed by atoms with Crippen molar-refractivity contribution in [1.29, 1.82) is 0 Å². The van der Waals surface area contributed by atoms with Gasteiger partial charge in [-0.1, -0.05) is 37.6 Å². The van der Waals surface area contributed by atoms with E-state index in [1.807, 2.05) is 6.08 Å². The summed E-state index contributed by atoms with van der Waals surface area (Å²) in [6, 6.07) is 8.43. The highest BCUT2D eigenvalue weighted by molar-refractivity contribution is 7.78. The Balaban J connectivity index is 2.77. The van der Waals surface area contributed by atoms with E-state index in [1.54, 1.807) is 0 Å². The summed E-state index contributed by atoms with van der Waals surface area (Å²) in [6.07, 6.45) is 4.16. The van der Waals surface area contributed by atoms with Crippen molar-refractivity contribution >= 4 is 23.3 Å². The van der Waals surface area contributed by atoms with Crippen LogP contribution in [0.15, 0.2) is 24.3 Å². The van der Waals surface area contributed by atoms with Gasteiger partial charge in [-0.25, -0.2) is 0 Å². The number of benzene rings is 1. The Kier molecular flexibility index (Phi) is 3.72. The lowest BCUT2D eigenvalue weighted by Gasteiger charge is -1.97. The van der Waals surface area contributed by atoms with Crippen LogP contribution >= 0.6 is 12.2 Å². The second-order valence-electron chi connectivity index (χ2n) is 2.75. The maximum Gasteiger partial charge on any atom is -0.00111 e. The van der Waals surface area contributed by atoms with Gasteiger partial charge >= 0.3 is 0 Å². The number of hydrogen-bond donors (Lipinski definition) is 0. The van der Waals surface area contributed by atoms with Gasteiger partial charge in [0.05, 0.1) is 0 Å². The summed E-state index contributed by atoms with van der Waals surface area (Å²) in [5, 5.41) is 2.59. The molecular formula is C11H12S. The average molecular weight is 176 g/mol. The molecule has 0 aliphatic carbocycles. The molecule has 12 heavy (non-hydrogen) atoms. The number of rotatable bonds is 3. The summed E-state index contributed by atoms with van der Waals surface area (Å²) < 4.78 is 0. The fourth-order valence-corrected chi connectivity index (χ4v) is 1.27. The standard InChI is InChI=1S/C11H12S/c1-2-3-10-4-6-11(7-5-10)8-9-12/h4-8H,2-3H2,1H3. The van der Waals surface area contributed by atoms with Crippen LogP contribution in [-0.2, 0) is 6.42 Å². The SMILES string of the molecule is CCCc1ccc(C=C=S)cc1. The van der Waals surface area contributed by atoms with Gasteiger partial charge in [0.1, 0.15) is 0 Å². The quantitative estimate of drug-likeness (QED) is 0.637. The Morgan fingerprint density at radius 1 is 1.33 bits per heavy atom. The van der Waals surface area contributed by atoms with Gasteiger partial charge in [0, 0.05) is 0 Å². The molecule has 1 aromatic carbocycles. The molecule has 1 aromatic rings. The smallest absolute Gasteiger partial charge is 0.00111 e. The van der Waals surface area contributed by atoms with Gasteiger partial charge in [-0.05, 0) is 40.9 Å². The molecule has 0 spiro atoms. The van der Waals surface area contributed by atoms with Gasteiger partial charge in [0.15, 0.2) is 0 Å². The third-order valence-electron chi connectivity index (χ3n) is 1.74. The second kappa shape index (κ2) is 4.87. The van der Waals surface area contributed by atoms with Gasteiger partial charge in [0.25, 0.3) is 0 Å². The molecule has 0 amide bonds. The number of thiocarbonyl (C=S) groups is 1. The third-order valence-corrected chi connectivity index (χ3v) is 1.86. The van der Waals surface area contributed by atoms with Crippen molar-refractivity contribution in [2.45, 2.75) is 19.8 Å². The van der Waals surface area contributed by atoms with Crippen molar-refractivity contribution in [3.05, 3.63) is 35.4 Å². The van der Waals surface area contributed by atoms with E-state index in [-0.39, 0.29) is 0 Å². The van der Waals surface area contributed by atoms with Crippen molar-refractivity contribution in [1.82, 2.24) is 0 Å². The van der Waals surface area contributed by atoms with Crippen molar-refractivity contribution in [2.75, 3.05) is 0 Å². The zero-order valence-corrected chi connectivity index (χ0v) is 8.03. The van der Waals surface area contributed by atoms with Crippen molar-refractivity contribution in [3.8, 4) is 0 Å². The molecule has 0 bridgehead atoms. The van der Waals surface area contributed by atoms with Crippen LogP contribution in [0.2, 0.25) is 0 Å². The second-order valence-corrected chi connectivity index (χ2v) is 2.99. The van der Waals surface area contributed by atoms with Crippen LogP contribution in [0.1, 0.15) is 24.5 Å². The molecule has 0 radical (unpaired) electrons. The Hall–Kier alpha value is -0.910. The van der Waals surface area contributed by atoms with Gasteiger partial charge in [-0.3, -0.25) is 0 Å². The molecule has 0 aliphatic rings. The molecule has 0 unspecified atom stereocenters. The lowest BCUT2D eigenvalue weighted by atomic mass is 10.1. The molecule has 0 saturated carbocycles. The summed E-state index contributed by atoms with van der Waals surface area (Å²) in [6.45, 7) is 2.19. The summed E-state index contributed by atoms with van der Waals surface area (Å²) in [7, 11) is 0. The fraction of sp³-hybridized carbons (Fsp3) is 0.273. The first-order valence-electron chi connectivity index (χ1n) is 4.16. The Labute approximate surface area is 78.9 Å². The lowest BCUT2D eigenvalue weighted by Crippen LogP contribution is -1.81. The van der Waals surface area contributed by atoms with Crippen LogP contribution < -0.4 is 0 Å². The average Bonchev–Trinajstić information content (AvgIpc) is 2.09. The minimum absolute atomic E-state index is 1.13.